The average Bonchev–Trinajstić information content (AvgIpc) is 3.17. The molecule has 0 radical (unpaired) electrons. The number of benzene rings is 1. The van der Waals surface area contributed by atoms with Crippen LogP contribution in [0.4, 0.5) is 19.0 Å². The van der Waals surface area contributed by atoms with Crippen molar-refractivity contribution < 1.29 is 13.2 Å². The van der Waals surface area contributed by atoms with Gasteiger partial charge in [-0.3, -0.25) is 9.89 Å². The van der Waals surface area contributed by atoms with Crippen molar-refractivity contribution in [3.05, 3.63) is 59.3 Å². The standard InChI is InChI=1S/C22H29F3N6/c1-26-21(27-13-18-5-4-6-20(28-18)30(2)3)29-19-11-12-31(15-19)14-16-7-9-17(10-8-16)22(23,24)25/h4-10,19H,11-15H2,1-3H3,(H2,26,27,29). The number of aromatic nitrogens is 1. The van der Waals surface area contributed by atoms with Gasteiger partial charge in [0, 0.05) is 46.8 Å². The number of anilines is 1. The molecule has 0 spiro atoms. The molecule has 0 saturated carbocycles. The highest BCUT2D eigenvalue weighted by atomic mass is 19.4. The van der Waals surface area contributed by atoms with Crippen LogP contribution in [-0.4, -0.2) is 56.1 Å². The van der Waals surface area contributed by atoms with E-state index in [9.17, 15) is 13.2 Å². The maximum absolute atomic E-state index is 12.7. The molecule has 1 aromatic heterocycles. The fourth-order valence-electron chi connectivity index (χ4n) is 3.53. The molecule has 0 bridgehead atoms. The zero-order valence-electron chi connectivity index (χ0n) is 18.1. The molecule has 3 rings (SSSR count). The average molecular weight is 435 g/mol. The van der Waals surface area contributed by atoms with Crippen molar-refractivity contribution in [2.24, 2.45) is 4.99 Å². The van der Waals surface area contributed by atoms with Gasteiger partial charge in [0.25, 0.3) is 0 Å². The van der Waals surface area contributed by atoms with Crippen LogP contribution in [0, 0.1) is 0 Å². The Balaban J connectivity index is 1.47. The smallest absolute Gasteiger partial charge is 0.363 e. The molecule has 1 aromatic carbocycles. The SMILES string of the molecule is CN=C(NCc1cccc(N(C)C)n1)NC1CCN(Cc2ccc(C(F)(F)F)cc2)C1. The van der Waals surface area contributed by atoms with E-state index < -0.39 is 11.7 Å². The molecular formula is C22H29F3N6. The number of nitrogens with zero attached hydrogens (tertiary/aromatic N) is 4. The van der Waals surface area contributed by atoms with Gasteiger partial charge in [-0.15, -0.1) is 0 Å². The van der Waals surface area contributed by atoms with Crippen LogP contribution >= 0.6 is 0 Å². The van der Waals surface area contributed by atoms with Crippen LogP contribution < -0.4 is 15.5 Å². The largest absolute Gasteiger partial charge is 0.416 e. The van der Waals surface area contributed by atoms with E-state index in [1.807, 2.05) is 37.2 Å². The van der Waals surface area contributed by atoms with Crippen LogP contribution in [0.5, 0.6) is 0 Å². The van der Waals surface area contributed by atoms with E-state index in [-0.39, 0.29) is 6.04 Å². The topological polar surface area (TPSA) is 55.8 Å². The van der Waals surface area contributed by atoms with Gasteiger partial charge < -0.3 is 15.5 Å². The lowest BCUT2D eigenvalue weighted by Gasteiger charge is -2.19. The number of rotatable bonds is 6. The van der Waals surface area contributed by atoms with Crippen molar-refractivity contribution in [2.45, 2.75) is 31.7 Å². The molecular weight excluding hydrogens is 405 g/mol. The van der Waals surface area contributed by atoms with Gasteiger partial charge in [-0.25, -0.2) is 4.98 Å². The van der Waals surface area contributed by atoms with E-state index in [0.29, 0.717) is 19.0 Å². The van der Waals surface area contributed by atoms with Gasteiger partial charge in [0.2, 0.25) is 0 Å². The summed E-state index contributed by atoms with van der Waals surface area (Å²) in [5, 5.41) is 6.72. The minimum absolute atomic E-state index is 0.224. The molecule has 1 saturated heterocycles. The van der Waals surface area contributed by atoms with E-state index in [1.54, 1.807) is 19.2 Å². The van der Waals surface area contributed by atoms with Gasteiger partial charge in [-0.1, -0.05) is 18.2 Å². The van der Waals surface area contributed by atoms with E-state index in [0.717, 1.165) is 48.7 Å². The minimum Gasteiger partial charge on any atom is -0.363 e. The second-order valence-corrected chi connectivity index (χ2v) is 7.87. The summed E-state index contributed by atoms with van der Waals surface area (Å²) in [5.74, 6) is 1.61. The molecule has 1 atom stereocenters. The van der Waals surface area contributed by atoms with Gasteiger partial charge >= 0.3 is 6.18 Å². The van der Waals surface area contributed by atoms with Crippen LogP contribution in [0.1, 0.15) is 23.2 Å². The number of nitrogens with one attached hydrogen (secondary N) is 2. The maximum Gasteiger partial charge on any atom is 0.416 e. The van der Waals surface area contributed by atoms with Gasteiger partial charge in [-0.05, 0) is 36.2 Å². The summed E-state index contributed by atoms with van der Waals surface area (Å²) in [7, 11) is 5.64. The molecule has 0 amide bonds. The highest BCUT2D eigenvalue weighted by Crippen LogP contribution is 2.29. The van der Waals surface area contributed by atoms with E-state index >= 15 is 0 Å². The summed E-state index contributed by atoms with van der Waals surface area (Å²) in [4.78, 5) is 13.1. The number of aliphatic imine (C=N–C) groups is 1. The third-order valence-corrected chi connectivity index (χ3v) is 5.21. The summed E-state index contributed by atoms with van der Waals surface area (Å²) >= 11 is 0. The molecule has 2 aromatic rings. The fraction of sp³-hybridized carbons (Fsp3) is 0.455. The van der Waals surface area contributed by atoms with Gasteiger partial charge in [0.1, 0.15) is 5.82 Å². The molecule has 1 unspecified atom stereocenters. The quantitative estimate of drug-likeness (QED) is 0.541. The minimum atomic E-state index is -4.30. The van der Waals surface area contributed by atoms with E-state index in [4.69, 9.17) is 0 Å². The van der Waals surface area contributed by atoms with E-state index in [2.05, 4.69) is 25.5 Å². The Morgan fingerprint density at radius 1 is 1.19 bits per heavy atom. The van der Waals surface area contributed by atoms with Crippen LogP contribution in [0.15, 0.2) is 47.5 Å². The Morgan fingerprint density at radius 3 is 2.58 bits per heavy atom. The zero-order valence-corrected chi connectivity index (χ0v) is 18.1. The van der Waals surface area contributed by atoms with Crippen molar-refractivity contribution in [1.82, 2.24) is 20.5 Å². The zero-order chi connectivity index (χ0) is 22.4. The summed E-state index contributed by atoms with van der Waals surface area (Å²) in [5.41, 5.74) is 1.19. The van der Waals surface area contributed by atoms with Crippen LogP contribution in [0.25, 0.3) is 0 Å². The number of likely N-dealkylation sites (tertiary alicyclic amines) is 1. The van der Waals surface area contributed by atoms with Crippen molar-refractivity contribution >= 4 is 11.8 Å². The molecule has 1 fully saturated rings. The summed E-state index contributed by atoms with van der Waals surface area (Å²) in [6.45, 7) is 2.87. The van der Waals surface area contributed by atoms with Crippen molar-refractivity contribution in [1.29, 1.82) is 0 Å². The molecule has 1 aliphatic heterocycles. The van der Waals surface area contributed by atoms with Crippen molar-refractivity contribution in [3.8, 4) is 0 Å². The number of guanidine groups is 1. The molecule has 168 valence electrons. The second-order valence-electron chi connectivity index (χ2n) is 7.87. The highest BCUT2D eigenvalue weighted by Gasteiger charge is 2.30. The van der Waals surface area contributed by atoms with Crippen LogP contribution in [0.3, 0.4) is 0 Å². The van der Waals surface area contributed by atoms with E-state index in [1.165, 1.54) is 0 Å². The number of alkyl halides is 3. The fourth-order valence-corrected chi connectivity index (χ4v) is 3.53. The lowest BCUT2D eigenvalue weighted by atomic mass is 10.1. The number of pyridine rings is 1. The Bertz CT molecular complexity index is 880. The van der Waals surface area contributed by atoms with Gasteiger partial charge in [0.15, 0.2) is 5.96 Å². The molecule has 6 nitrogen and oxygen atoms in total. The van der Waals surface area contributed by atoms with Crippen molar-refractivity contribution in [2.75, 3.05) is 39.1 Å². The predicted octanol–water partition coefficient (Wildman–Crippen LogP) is 3.11. The molecule has 2 N–H and O–H groups in total. The first-order valence-electron chi connectivity index (χ1n) is 10.2. The number of hydrogen-bond donors (Lipinski definition) is 2. The molecule has 31 heavy (non-hydrogen) atoms. The molecule has 2 heterocycles. The first-order chi connectivity index (χ1) is 14.7. The Morgan fingerprint density at radius 2 is 1.94 bits per heavy atom. The third kappa shape index (κ3) is 6.58. The Kier molecular flexibility index (Phi) is 7.37. The van der Waals surface area contributed by atoms with Crippen LogP contribution in [-0.2, 0) is 19.3 Å². The summed E-state index contributed by atoms with van der Waals surface area (Å²) < 4.78 is 38.1. The number of hydrogen-bond acceptors (Lipinski definition) is 4. The summed E-state index contributed by atoms with van der Waals surface area (Å²) in [6, 6.07) is 11.5. The normalized spacial score (nSPS) is 17.6. The maximum atomic E-state index is 12.7. The second kappa shape index (κ2) is 10.00. The summed E-state index contributed by atoms with van der Waals surface area (Å²) in [6.07, 6.45) is -3.36. The predicted molar refractivity (Wildman–Crippen MR) is 117 cm³/mol. The first kappa shape index (κ1) is 22.9. The molecule has 9 heteroatoms. The van der Waals surface area contributed by atoms with Gasteiger partial charge in [-0.2, -0.15) is 13.2 Å². The molecule has 0 aliphatic carbocycles. The lowest BCUT2D eigenvalue weighted by molar-refractivity contribution is -0.137. The van der Waals surface area contributed by atoms with Crippen molar-refractivity contribution in [3.63, 3.8) is 0 Å². The third-order valence-electron chi connectivity index (χ3n) is 5.21. The Hall–Kier alpha value is -2.81. The molecule has 1 aliphatic rings. The number of halogens is 3. The lowest BCUT2D eigenvalue weighted by Crippen LogP contribution is -2.44. The Labute approximate surface area is 181 Å². The van der Waals surface area contributed by atoms with Crippen LogP contribution in [0.2, 0.25) is 0 Å². The first-order valence-corrected chi connectivity index (χ1v) is 10.2. The highest BCUT2D eigenvalue weighted by molar-refractivity contribution is 5.80. The van der Waals surface area contributed by atoms with Gasteiger partial charge in [0.05, 0.1) is 17.8 Å². The monoisotopic (exact) mass is 434 g/mol.